The van der Waals surface area contributed by atoms with Crippen molar-refractivity contribution in [2.24, 2.45) is 0 Å². The van der Waals surface area contributed by atoms with Gasteiger partial charge in [-0.15, -0.1) is 0 Å². The quantitative estimate of drug-likeness (QED) is 0.630. The highest BCUT2D eigenvalue weighted by Crippen LogP contribution is 2.18. The number of aryl methyl sites for hydroxylation is 1. The number of amides is 2. The zero-order chi connectivity index (χ0) is 22.9. The third-order valence-electron chi connectivity index (χ3n) is 6.17. The van der Waals surface area contributed by atoms with Crippen molar-refractivity contribution in [2.45, 2.75) is 33.1 Å². The number of hydrogen-bond donors (Lipinski definition) is 0. The Morgan fingerprint density at radius 3 is 2.12 bits per heavy atom. The highest BCUT2D eigenvalue weighted by atomic mass is 16.5. The third-order valence-corrected chi connectivity index (χ3v) is 6.17. The van der Waals surface area contributed by atoms with Crippen LogP contribution in [-0.2, 0) is 11.2 Å². The molecule has 0 atom stereocenters. The molecule has 6 nitrogen and oxygen atoms in total. The number of rotatable bonds is 8. The molecule has 2 aromatic rings. The van der Waals surface area contributed by atoms with E-state index in [1.165, 1.54) is 0 Å². The topological polar surface area (TPSA) is 53.1 Å². The van der Waals surface area contributed by atoms with E-state index in [1.54, 1.807) is 7.11 Å². The molecule has 0 bridgehead atoms. The Kier molecular flexibility index (Phi) is 8.54. The molecule has 0 radical (unpaired) electrons. The van der Waals surface area contributed by atoms with Crippen LogP contribution < -0.4 is 9.64 Å². The minimum Gasteiger partial charge on any atom is -0.497 e. The molecule has 0 unspecified atom stereocenters. The first kappa shape index (κ1) is 23.6. The van der Waals surface area contributed by atoms with Crippen molar-refractivity contribution in [1.82, 2.24) is 9.80 Å². The summed E-state index contributed by atoms with van der Waals surface area (Å²) in [5, 5.41) is 0. The standard InChI is InChI=1S/C26H35N3O3/c1-4-27(5-2)23-12-10-22(11-13-23)26(31)29-18-6-17-28(19-20-29)25(30)16-9-21-7-14-24(32-3)15-8-21/h7-8,10-15H,4-6,9,16-20H2,1-3H3. The van der Waals surface area contributed by atoms with Gasteiger partial charge < -0.3 is 19.4 Å². The van der Waals surface area contributed by atoms with E-state index in [-0.39, 0.29) is 11.8 Å². The molecular formula is C26H35N3O3. The van der Waals surface area contributed by atoms with Crippen molar-refractivity contribution < 1.29 is 14.3 Å². The van der Waals surface area contributed by atoms with Gasteiger partial charge in [0.15, 0.2) is 0 Å². The summed E-state index contributed by atoms with van der Waals surface area (Å²) in [7, 11) is 1.65. The smallest absolute Gasteiger partial charge is 0.253 e. The van der Waals surface area contributed by atoms with Gasteiger partial charge in [0.25, 0.3) is 5.91 Å². The van der Waals surface area contributed by atoms with Crippen molar-refractivity contribution in [3.05, 3.63) is 59.7 Å². The van der Waals surface area contributed by atoms with Crippen molar-refractivity contribution in [3.63, 3.8) is 0 Å². The van der Waals surface area contributed by atoms with Gasteiger partial charge in [-0.05, 0) is 68.7 Å². The molecule has 0 aliphatic carbocycles. The number of methoxy groups -OCH3 is 1. The fraction of sp³-hybridized carbons (Fsp3) is 0.462. The van der Waals surface area contributed by atoms with E-state index >= 15 is 0 Å². The van der Waals surface area contributed by atoms with Crippen molar-refractivity contribution in [3.8, 4) is 5.75 Å². The maximum absolute atomic E-state index is 13.0. The lowest BCUT2D eigenvalue weighted by Crippen LogP contribution is -2.37. The molecular weight excluding hydrogens is 402 g/mol. The van der Waals surface area contributed by atoms with Crippen LogP contribution in [0.2, 0.25) is 0 Å². The summed E-state index contributed by atoms with van der Waals surface area (Å²) in [5.74, 6) is 1.02. The van der Waals surface area contributed by atoms with Crippen molar-refractivity contribution >= 4 is 17.5 Å². The van der Waals surface area contributed by atoms with E-state index in [0.29, 0.717) is 44.6 Å². The van der Waals surface area contributed by atoms with Crippen molar-refractivity contribution in [2.75, 3.05) is 51.3 Å². The molecule has 1 aliphatic rings. The molecule has 0 N–H and O–H groups in total. The Morgan fingerprint density at radius 2 is 1.50 bits per heavy atom. The molecule has 0 aromatic heterocycles. The molecule has 32 heavy (non-hydrogen) atoms. The summed E-state index contributed by atoms with van der Waals surface area (Å²) in [4.78, 5) is 31.8. The molecule has 1 fully saturated rings. The lowest BCUT2D eigenvalue weighted by atomic mass is 10.1. The molecule has 1 heterocycles. The monoisotopic (exact) mass is 437 g/mol. The van der Waals surface area contributed by atoms with Gasteiger partial charge in [0.2, 0.25) is 5.91 Å². The van der Waals surface area contributed by atoms with E-state index in [4.69, 9.17) is 4.74 Å². The number of benzene rings is 2. The van der Waals surface area contributed by atoms with E-state index < -0.39 is 0 Å². The summed E-state index contributed by atoms with van der Waals surface area (Å²) < 4.78 is 5.18. The van der Waals surface area contributed by atoms with Gasteiger partial charge in [0, 0.05) is 56.9 Å². The maximum atomic E-state index is 13.0. The Balaban J connectivity index is 1.52. The average molecular weight is 438 g/mol. The number of carbonyl (C=O) groups is 2. The van der Waals surface area contributed by atoms with Crippen LogP contribution in [0.3, 0.4) is 0 Å². The van der Waals surface area contributed by atoms with Gasteiger partial charge in [-0.3, -0.25) is 9.59 Å². The summed E-state index contributed by atoms with van der Waals surface area (Å²) >= 11 is 0. The van der Waals surface area contributed by atoms with Gasteiger partial charge in [-0.1, -0.05) is 12.1 Å². The second-order valence-electron chi connectivity index (χ2n) is 8.09. The van der Waals surface area contributed by atoms with Crippen LogP contribution in [0.5, 0.6) is 5.75 Å². The molecule has 2 aromatic carbocycles. The minimum atomic E-state index is 0.0450. The van der Waals surface area contributed by atoms with Crippen LogP contribution in [0.4, 0.5) is 5.69 Å². The van der Waals surface area contributed by atoms with Crippen LogP contribution in [0.25, 0.3) is 0 Å². The summed E-state index contributed by atoms with van der Waals surface area (Å²) in [6.07, 6.45) is 1.99. The summed E-state index contributed by atoms with van der Waals surface area (Å²) in [5.41, 5.74) is 2.97. The molecule has 2 amide bonds. The first-order valence-electron chi connectivity index (χ1n) is 11.6. The summed E-state index contributed by atoms with van der Waals surface area (Å²) in [6.45, 7) is 8.69. The number of nitrogens with zero attached hydrogens (tertiary/aromatic N) is 3. The molecule has 172 valence electrons. The Labute approximate surface area is 191 Å². The van der Waals surface area contributed by atoms with Crippen LogP contribution >= 0.6 is 0 Å². The first-order chi connectivity index (χ1) is 15.5. The highest BCUT2D eigenvalue weighted by Gasteiger charge is 2.22. The number of ether oxygens (including phenoxy) is 1. The number of anilines is 1. The van der Waals surface area contributed by atoms with Gasteiger partial charge in [0.1, 0.15) is 5.75 Å². The van der Waals surface area contributed by atoms with E-state index in [0.717, 1.165) is 36.5 Å². The summed E-state index contributed by atoms with van der Waals surface area (Å²) in [6, 6.07) is 15.7. The van der Waals surface area contributed by atoms with E-state index in [2.05, 4.69) is 18.7 Å². The van der Waals surface area contributed by atoms with Crippen LogP contribution in [0, 0.1) is 0 Å². The Hall–Kier alpha value is -3.02. The molecule has 0 spiro atoms. The maximum Gasteiger partial charge on any atom is 0.253 e. The lowest BCUT2D eigenvalue weighted by Gasteiger charge is -2.23. The van der Waals surface area contributed by atoms with Gasteiger partial charge in [-0.25, -0.2) is 0 Å². The molecule has 3 rings (SSSR count). The lowest BCUT2D eigenvalue weighted by molar-refractivity contribution is -0.131. The fourth-order valence-corrected chi connectivity index (χ4v) is 4.16. The fourth-order valence-electron chi connectivity index (χ4n) is 4.16. The molecule has 1 saturated heterocycles. The normalized spacial score (nSPS) is 14.1. The first-order valence-corrected chi connectivity index (χ1v) is 11.6. The molecule has 1 aliphatic heterocycles. The SMILES string of the molecule is CCN(CC)c1ccc(C(=O)N2CCCN(C(=O)CCc3ccc(OC)cc3)CC2)cc1. The second-order valence-corrected chi connectivity index (χ2v) is 8.09. The Bertz CT molecular complexity index is 876. The van der Waals surface area contributed by atoms with Crippen LogP contribution in [-0.4, -0.2) is 68.0 Å². The van der Waals surface area contributed by atoms with E-state index in [9.17, 15) is 9.59 Å². The third kappa shape index (κ3) is 6.02. The number of hydrogen-bond acceptors (Lipinski definition) is 4. The van der Waals surface area contributed by atoms with Crippen LogP contribution in [0.1, 0.15) is 42.6 Å². The van der Waals surface area contributed by atoms with Crippen LogP contribution in [0.15, 0.2) is 48.5 Å². The predicted octanol–water partition coefficient (Wildman–Crippen LogP) is 3.85. The molecule has 0 saturated carbocycles. The van der Waals surface area contributed by atoms with E-state index in [1.807, 2.05) is 58.3 Å². The zero-order valence-electron chi connectivity index (χ0n) is 19.5. The largest absolute Gasteiger partial charge is 0.497 e. The van der Waals surface area contributed by atoms with Gasteiger partial charge >= 0.3 is 0 Å². The number of carbonyl (C=O) groups excluding carboxylic acids is 2. The van der Waals surface area contributed by atoms with Crippen molar-refractivity contribution in [1.29, 1.82) is 0 Å². The molecule has 6 heteroatoms. The second kappa shape index (κ2) is 11.6. The Morgan fingerprint density at radius 1 is 0.875 bits per heavy atom. The van der Waals surface area contributed by atoms with Gasteiger partial charge in [0.05, 0.1) is 7.11 Å². The average Bonchev–Trinajstić information content (AvgIpc) is 3.10. The highest BCUT2D eigenvalue weighted by molar-refractivity contribution is 5.94. The van der Waals surface area contributed by atoms with Gasteiger partial charge in [-0.2, -0.15) is 0 Å². The minimum absolute atomic E-state index is 0.0450. The zero-order valence-corrected chi connectivity index (χ0v) is 19.5. The predicted molar refractivity (Wildman–Crippen MR) is 128 cm³/mol.